The molecule has 0 aliphatic heterocycles. The van der Waals surface area contributed by atoms with Crippen molar-refractivity contribution in [1.29, 1.82) is 0 Å². The van der Waals surface area contributed by atoms with Crippen LogP contribution < -0.4 is 15.4 Å². The monoisotopic (exact) mass is 306 g/mol. The Bertz CT molecular complexity index is 473. The Labute approximate surface area is 132 Å². The van der Waals surface area contributed by atoms with E-state index >= 15 is 0 Å². The number of hydrogen-bond acceptors (Lipinski definition) is 3. The fourth-order valence-corrected chi connectivity index (χ4v) is 2.61. The van der Waals surface area contributed by atoms with Gasteiger partial charge in [-0.3, -0.25) is 0 Å². The Morgan fingerprint density at radius 3 is 2.86 bits per heavy atom. The van der Waals surface area contributed by atoms with Crippen molar-refractivity contribution in [1.82, 2.24) is 10.6 Å². The highest BCUT2D eigenvalue weighted by atomic mass is 16.5. The standard InChI is InChI=1S/C17H26N2O3/c1-13(12-20)19-17(21)18-11-14-6-5-9-16(10-14)22-15-7-3-2-4-8-15/h5-6,9-10,13,15,20H,2-4,7-8,11-12H2,1H3,(H2,18,19,21). The fourth-order valence-electron chi connectivity index (χ4n) is 2.61. The number of benzene rings is 1. The van der Waals surface area contributed by atoms with E-state index in [0.717, 1.165) is 24.2 Å². The molecule has 5 heteroatoms. The molecule has 1 saturated carbocycles. The van der Waals surface area contributed by atoms with Gasteiger partial charge in [0.05, 0.1) is 18.8 Å². The summed E-state index contributed by atoms with van der Waals surface area (Å²) in [4.78, 5) is 11.6. The van der Waals surface area contributed by atoms with E-state index in [1.54, 1.807) is 6.92 Å². The van der Waals surface area contributed by atoms with Gasteiger partial charge in [0.25, 0.3) is 0 Å². The summed E-state index contributed by atoms with van der Waals surface area (Å²) in [6.45, 7) is 2.11. The van der Waals surface area contributed by atoms with Gasteiger partial charge in [-0.2, -0.15) is 0 Å². The van der Waals surface area contributed by atoms with Crippen molar-refractivity contribution in [2.45, 2.75) is 57.7 Å². The molecule has 2 rings (SSSR count). The maximum Gasteiger partial charge on any atom is 0.315 e. The molecule has 0 bridgehead atoms. The number of aliphatic hydroxyl groups excluding tert-OH is 1. The third-order valence-electron chi connectivity index (χ3n) is 3.86. The Balaban J connectivity index is 1.81. The maximum atomic E-state index is 11.6. The molecule has 2 amide bonds. The van der Waals surface area contributed by atoms with Gasteiger partial charge in [0.15, 0.2) is 0 Å². The molecule has 1 fully saturated rings. The van der Waals surface area contributed by atoms with Crippen LogP contribution in [0.1, 0.15) is 44.6 Å². The second kappa shape index (κ2) is 8.63. The van der Waals surface area contributed by atoms with Gasteiger partial charge in [-0.25, -0.2) is 4.79 Å². The minimum absolute atomic E-state index is 0.0713. The number of urea groups is 1. The molecule has 1 aromatic rings. The zero-order valence-electron chi connectivity index (χ0n) is 13.2. The van der Waals surface area contributed by atoms with Gasteiger partial charge >= 0.3 is 6.03 Å². The normalized spacial score (nSPS) is 16.8. The zero-order chi connectivity index (χ0) is 15.8. The number of amides is 2. The SMILES string of the molecule is CC(CO)NC(=O)NCc1cccc(OC2CCCCC2)c1. The lowest BCUT2D eigenvalue weighted by Crippen LogP contribution is -2.41. The topological polar surface area (TPSA) is 70.6 Å². The molecule has 1 atom stereocenters. The molecule has 0 aromatic heterocycles. The van der Waals surface area contributed by atoms with Crippen molar-refractivity contribution in [2.75, 3.05) is 6.61 Å². The van der Waals surface area contributed by atoms with Crippen LogP contribution in [0.4, 0.5) is 4.79 Å². The van der Waals surface area contributed by atoms with Gasteiger partial charge in [-0.1, -0.05) is 18.6 Å². The lowest BCUT2D eigenvalue weighted by Gasteiger charge is -2.23. The van der Waals surface area contributed by atoms with E-state index in [-0.39, 0.29) is 18.7 Å². The van der Waals surface area contributed by atoms with Gasteiger partial charge in [0.1, 0.15) is 5.75 Å². The molecule has 1 aliphatic rings. The van der Waals surface area contributed by atoms with Crippen LogP contribution in [0, 0.1) is 0 Å². The van der Waals surface area contributed by atoms with Gasteiger partial charge in [-0.15, -0.1) is 0 Å². The van der Waals surface area contributed by atoms with Gasteiger partial charge in [-0.05, 0) is 50.3 Å². The van der Waals surface area contributed by atoms with E-state index < -0.39 is 0 Å². The highest BCUT2D eigenvalue weighted by molar-refractivity contribution is 5.74. The predicted molar refractivity (Wildman–Crippen MR) is 85.9 cm³/mol. The molecule has 1 aliphatic carbocycles. The summed E-state index contributed by atoms with van der Waals surface area (Å²) >= 11 is 0. The van der Waals surface area contributed by atoms with Crippen molar-refractivity contribution in [3.05, 3.63) is 29.8 Å². The summed E-state index contributed by atoms with van der Waals surface area (Å²) in [6, 6.07) is 7.32. The highest BCUT2D eigenvalue weighted by Crippen LogP contribution is 2.23. The highest BCUT2D eigenvalue weighted by Gasteiger charge is 2.14. The first-order valence-electron chi connectivity index (χ1n) is 8.08. The van der Waals surface area contributed by atoms with Crippen LogP contribution in [0.2, 0.25) is 0 Å². The summed E-state index contributed by atoms with van der Waals surface area (Å²) < 4.78 is 6.02. The van der Waals surface area contributed by atoms with Gasteiger partial charge in [0.2, 0.25) is 0 Å². The molecule has 122 valence electrons. The Morgan fingerprint density at radius 1 is 1.36 bits per heavy atom. The molecule has 0 saturated heterocycles. The summed E-state index contributed by atoms with van der Waals surface area (Å²) in [7, 11) is 0. The van der Waals surface area contributed by atoms with Crippen LogP contribution >= 0.6 is 0 Å². The van der Waals surface area contributed by atoms with Crippen LogP contribution in [0.5, 0.6) is 5.75 Å². The van der Waals surface area contributed by atoms with Crippen LogP contribution in [-0.4, -0.2) is 29.9 Å². The Morgan fingerprint density at radius 2 is 2.14 bits per heavy atom. The molecule has 5 nitrogen and oxygen atoms in total. The number of carbonyl (C=O) groups is 1. The van der Waals surface area contributed by atoms with Crippen molar-refractivity contribution in [3.8, 4) is 5.75 Å². The molecule has 1 aromatic carbocycles. The van der Waals surface area contributed by atoms with Crippen LogP contribution in [-0.2, 0) is 6.54 Å². The molecular formula is C17H26N2O3. The molecule has 0 spiro atoms. The van der Waals surface area contributed by atoms with E-state index in [0.29, 0.717) is 12.6 Å². The van der Waals surface area contributed by atoms with E-state index in [1.165, 1.54) is 19.3 Å². The third-order valence-corrected chi connectivity index (χ3v) is 3.86. The Hall–Kier alpha value is -1.75. The van der Waals surface area contributed by atoms with Crippen molar-refractivity contribution in [3.63, 3.8) is 0 Å². The van der Waals surface area contributed by atoms with Crippen molar-refractivity contribution in [2.24, 2.45) is 0 Å². The van der Waals surface area contributed by atoms with Crippen LogP contribution in [0.3, 0.4) is 0 Å². The zero-order valence-corrected chi connectivity index (χ0v) is 13.2. The molecule has 0 radical (unpaired) electrons. The molecule has 3 N–H and O–H groups in total. The largest absolute Gasteiger partial charge is 0.490 e. The third kappa shape index (κ3) is 5.56. The number of aliphatic hydroxyl groups is 1. The average Bonchev–Trinajstić information content (AvgIpc) is 2.54. The van der Waals surface area contributed by atoms with E-state index in [2.05, 4.69) is 10.6 Å². The summed E-state index contributed by atoms with van der Waals surface area (Å²) in [5.41, 5.74) is 1.00. The van der Waals surface area contributed by atoms with Gasteiger partial charge in [0, 0.05) is 6.54 Å². The first kappa shape index (κ1) is 16.6. The smallest absolute Gasteiger partial charge is 0.315 e. The molecule has 22 heavy (non-hydrogen) atoms. The molecule has 1 unspecified atom stereocenters. The lowest BCUT2D eigenvalue weighted by molar-refractivity contribution is 0.155. The molecular weight excluding hydrogens is 280 g/mol. The minimum Gasteiger partial charge on any atom is -0.490 e. The van der Waals surface area contributed by atoms with Crippen LogP contribution in [0.25, 0.3) is 0 Å². The first-order chi connectivity index (χ1) is 10.7. The van der Waals surface area contributed by atoms with E-state index in [1.807, 2.05) is 24.3 Å². The molecule has 0 heterocycles. The maximum absolute atomic E-state index is 11.6. The van der Waals surface area contributed by atoms with Crippen LogP contribution in [0.15, 0.2) is 24.3 Å². The van der Waals surface area contributed by atoms with Gasteiger partial charge < -0.3 is 20.5 Å². The second-order valence-electron chi connectivity index (χ2n) is 5.94. The summed E-state index contributed by atoms with van der Waals surface area (Å²) in [5, 5.41) is 14.3. The summed E-state index contributed by atoms with van der Waals surface area (Å²) in [6.07, 6.45) is 6.38. The average molecular weight is 306 g/mol. The second-order valence-corrected chi connectivity index (χ2v) is 5.94. The van der Waals surface area contributed by atoms with E-state index in [9.17, 15) is 4.79 Å². The minimum atomic E-state index is -0.278. The number of nitrogens with one attached hydrogen (secondary N) is 2. The summed E-state index contributed by atoms with van der Waals surface area (Å²) in [5.74, 6) is 0.871. The number of carbonyl (C=O) groups excluding carboxylic acids is 1. The number of rotatable bonds is 6. The number of hydrogen-bond donors (Lipinski definition) is 3. The van der Waals surface area contributed by atoms with Crippen molar-refractivity contribution >= 4 is 6.03 Å². The van der Waals surface area contributed by atoms with E-state index in [4.69, 9.17) is 9.84 Å². The first-order valence-corrected chi connectivity index (χ1v) is 8.08. The fraction of sp³-hybridized carbons (Fsp3) is 0.588. The number of ether oxygens (including phenoxy) is 1. The Kier molecular flexibility index (Phi) is 6.52. The van der Waals surface area contributed by atoms with Crippen molar-refractivity contribution < 1.29 is 14.6 Å². The predicted octanol–water partition coefficient (Wildman–Crippen LogP) is 2.58. The lowest BCUT2D eigenvalue weighted by atomic mass is 9.98. The quantitative estimate of drug-likeness (QED) is 0.756.